The van der Waals surface area contributed by atoms with Crippen LogP contribution in [0.5, 0.6) is 5.75 Å². The topological polar surface area (TPSA) is 23.5 Å². The van der Waals surface area contributed by atoms with Gasteiger partial charge < -0.3 is 5.11 Å². The van der Waals surface area contributed by atoms with Gasteiger partial charge in [-0.05, 0) is 34.7 Å². The van der Waals surface area contributed by atoms with E-state index in [-0.39, 0.29) is 5.92 Å². The molecule has 0 radical (unpaired) electrons. The van der Waals surface area contributed by atoms with Gasteiger partial charge in [0.25, 0.3) is 0 Å². The van der Waals surface area contributed by atoms with Crippen LogP contribution in [-0.4, -0.2) is 16.6 Å². The van der Waals surface area contributed by atoms with Crippen LogP contribution in [0.25, 0.3) is 0 Å². The van der Waals surface area contributed by atoms with Crippen molar-refractivity contribution in [2.45, 2.75) is 25.9 Å². The lowest BCUT2D eigenvalue weighted by atomic mass is 9.86. The normalized spacial score (nSPS) is 13.2. The average molecular weight is 372 g/mol. The van der Waals surface area contributed by atoms with E-state index in [1.54, 1.807) is 6.07 Å². The quantitative estimate of drug-likeness (QED) is 0.466. The van der Waals surface area contributed by atoms with Gasteiger partial charge >= 0.3 is 0 Å². The van der Waals surface area contributed by atoms with Gasteiger partial charge in [-0.15, -0.1) is 6.58 Å². The molecule has 0 aliphatic carbocycles. The molecule has 1 N–H and O–H groups in total. The van der Waals surface area contributed by atoms with Crippen molar-refractivity contribution in [3.8, 4) is 5.75 Å². The molecule has 0 spiro atoms. The molecule has 0 heterocycles. The predicted octanol–water partition coefficient (Wildman–Crippen LogP) is 6.00. The van der Waals surface area contributed by atoms with E-state index in [0.717, 1.165) is 25.2 Å². The standard InChI is InChI=1S/C26H29NO/c1-3-26(24-15-10-16-25(28)17-24)21(2)18-27(19-22-11-6-4-7-12-22)20-23-13-8-5-9-14-23/h3-17,21,26,28H,1,18-20H2,2H3/t21-,26?/m0/s1. The van der Waals surface area contributed by atoms with Gasteiger partial charge in [0.1, 0.15) is 5.75 Å². The first-order chi connectivity index (χ1) is 13.7. The lowest BCUT2D eigenvalue weighted by Crippen LogP contribution is -2.30. The number of rotatable bonds is 9. The highest BCUT2D eigenvalue weighted by Crippen LogP contribution is 2.29. The molecule has 0 saturated heterocycles. The molecule has 0 fully saturated rings. The van der Waals surface area contributed by atoms with Crippen molar-refractivity contribution in [3.63, 3.8) is 0 Å². The van der Waals surface area contributed by atoms with Crippen molar-refractivity contribution < 1.29 is 5.11 Å². The zero-order chi connectivity index (χ0) is 19.8. The number of hydrogen-bond acceptors (Lipinski definition) is 2. The minimum atomic E-state index is 0.196. The summed E-state index contributed by atoms with van der Waals surface area (Å²) in [6, 6.07) is 28.8. The Bertz CT molecular complexity index is 818. The molecule has 0 aliphatic heterocycles. The summed E-state index contributed by atoms with van der Waals surface area (Å²) in [4.78, 5) is 2.49. The third-order valence-electron chi connectivity index (χ3n) is 5.17. The maximum atomic E-state index is 9.87. The first-order valence-corrected chi connectivity index (χ1v) is 9.87. The monoisotopic (exact) mass is 371 g/mol. The molecule has 144 valence electrons. The van der Waals surface area contributed by atoms with Gasteiger partial charge in [0.15, 0.2) is 0 Å². The van der Waals surface area contributed by atoms with Gasteiger partial charge in [0.05, 0.1) is 0 Å². The molecular formula is C26H29NO. The first-order valence-electron chi connectivity index (χ1n) is 9.87. The molecule has 28 heavy (non-hydrogen) atoms. The maximum Gasteiger partial charge on any atom is 0.115 e. The van der Waals surface area contributed by atoms with E-state index in [1.807, 2.05) is 18.2 Å². The predicted molar refractivity (Wildman–Crippen MR) is 117 cm³/mol. The van der Waals surface area contributed by atoms with Gasteiger partial charge in [0, 0.05) is 25.6 Å². The molecule has 0 aliphatic rings. The maximum absolute atomic E-state index is 9.87. The summed E-state index contributed by atoms with van der Waals surface area (Å²) in [5, 5.41) is 9.87. The van der Waals surface area contributed by atoms with E-state index < -0.39 is 0 Å². The smallest absolute Gasteiger partial charge is 0.115 e. The van der Waals surface area contributed by atoms with Gasteiger partial charge in [-0.2, -0.15) is 0 Å². The molecule has 1 unspecified atom stereocenters. The van der Waals surface area contributed by atoms with Crippen molar-refractivity contribution in [2.75, 3.05) is 6.54 Å². The summed E-state index contributed by atoms with van der Waals surface area (Å²) in [5.74, 6) is 0.870. The van der Waals surface area contributed by atoms with Crippen molar-refractivity contribution in [1.82, 2.24) is 4.90 Å². The summed E-state index contributed by atoms with van der Waals surface area (Å²) < 4.78 is 0. The molecule has 2 nitrogen and oxygen atoms in total. The summed E-state index contributed by atoms with van der Waals surface area (Å²) in [7, 11) is 0. The lowest BCUT2D eigenvalue weighted by molar-refractivity contribution is 0.213. The van der Waals surface area contributed by atoms with Crippen LogP contribution in [-0.2, 0) is 13.1 Å². The second kappa shape index (κ2) is 9.91. The number of phenolic OH excluding ortho intramolecular Hbond substituents is 1. The van der Waals surface area contributed by atoms with Crippen molar-refractivity contribution >= 4 is 0 Å². The van der Waals surface area contributed by atoms with Gasteiger partial charge in [-0.1, -0.05) is 85.8 Å². The number of aromatic hydroxyl groups is 1. The largest absolute Gasteiger partial charge is 0.508 e. The van der Waals surface area contributed by atoms with Gasteiger partial charge in [0.2, 0.25) is 0 Å². The Morgan fingerprint density at radius 1 is 0.857 bits per heavy atom. The van der Waals surface area contributed by atoms with E-state index in [1.165, 1.54) is 11.1 Å². The van der Waals surface area contributed by atoms with Gasteiger partial charge in [-0.25, -0.2) is 0 Å². The highest BCUT2D eigenvalue weighted by molar-refractivity contribution is 5.32. The number of benzene rings is 3. The molecule has 2 atom stereocenters. The highest BCUT2D eigenvalue weighted by atomic mass is 16.3. The van der Waals surface area contributed by atoms with Crippen LogP contribution in [0.1, 0.15) is 29.5 Å². The van der Waals surface area contributed by atoms with Crippen LogP contribution in [0.4, 0.5) is 0 Å². The molecule has 0 amide bonds. The number of phenols is 1. The molecule has 2 heteroatoms. The summed E-state index contributed by atoms with van der Waals surface area (Å²) >= 11 is 0. The minimum absolute atomic E-state index is 0.196. The zero-order valence-corrected chi connectivity index (χ0v) is 16.5. The fourth-order valence-electron chi connectivity index (χ4n) is 3.82. The van der Waals surface area contributed by atoms with Crippen LogP contribution in [0.3, 0.4) is 0 Å². The van der Waals surface area contributed by atoms with Crippen LogP contribution < -0.4 is 0 Å². The van der Waals surface area contributed by atoms with Gasteiger partial charge in [-0.3, -0.25) is 4.90 Å². The van der Waals surface area contributed by atoms with E-state index in [4.69, 9.17) is 0 Å². The number of hydrogen-bond donors (Lipinski definition) is 1. The van der Waals surface area contributed by atoms with Crippen LogP contribution in [0, 0.1) is 5.92 Å². The zero-order valence-electron chi connectivity index (χ0n) is 16.5. The third kappa shape index (κ3) is 5.58. The van der Waals surface area contributed by atoms with E-state index in [0.29, 0.717) is 11.7 Å². The Kier molecular flexibility index (Phi) is 7.05. The Hall–Kier alpha value is -2.84. The first kappa shape index (κ1) is 19.9. The van der Waals surface area contributed by atoms with Crippen LogP contribution >= 0.6 is 0 Å². The fourth-order valence-corrected chi connectivity index (χ4v) is 3.82. The van der Waals surface area contributed by atoms with Crippen molar-refractivity contribution in [3.05, 3.63) is 114 Å². The lowest BCUT2D eigenvalue weighted by Gasteiger charge is -2.29. The SMILES string of the molecule is C=CC(c1cccc(O)c1)[C@@H](C)CN(Cc1ccccc1)Cc1ccccc1. The second-order valence-electron chi connectivity index (χ2n) is 7.47. The molecule has 0 bridgehead atoms. The minimum Gasteiger partial charge on any atom is -0.508 e. The van der Waals surface area contributed by atoms with Crippen molar-refractivity contribution in [2.24, 2.45) is 5.92 Å². The molecule has 3 aromatic carbocycles. The Balaban J connectivity index is 1.77. The average Bonchev–Trinajstić information content (AvgIpc) is 2.70. The molecule has 0 aromatic heterocycles. The Morgan fingerprint density at radius 3 is 1.93 bits per heavy atom. The highest BCUT2D eigenvalue weighted by Gasteiger charge is 2.20. The van der Waals surface area contributed by atoms with E-state index in [9.17, 15) is 5.11 Å². The van der Waals surface area contributed by atoms with E-state index >= 15 is 0 Å². The van der Waals surface area contributed by atoms with Crippen LogP contribution in [0.15, 0.2) is 97.6 Å². The third-order valence-corrected chi connectivity index (χ3v) is 5.17. The van der Waals surface area contributed by atoms with Crippen molar-refractivity contribution in [1.29, 1.82) is 0 Å². The molecular weight excluding hydrogens is 342 g/mol. The Labute approximate surface area is 168 Å². The van der Waals surface area contributed by atoms with E-state index in [2.05, 4.69) is 85.1 Å². The summed E-state index contributed by atoms with van der Waals surface area (Å²) in [6.07, 6.45) is 2.00. The number of allylic oxidation sites excluding steroid dienone is 1. The molecule has 3 aromatic rings. The Morgan fingerprint density at radius 2 is 1.43 bits per heavy atom. The summed E-state index contributed by atoms with van der Waals surface area (Å²) in [6.45, 7) is 9.08. The number of nitrogens with zero attached hydrogens (tertiary/aromatic N) is 1. The molecule has 0 saturated carbocycles. The van der Waals surface area contributed by atoms with Crippen LogP contribution in [0.2, 0.25) is 0 Å². The summed E-state index contributed by atoms with van der Waals surface area (Å²) in [5.41, 5.74) is 3.75. The second-order valence-corrected chi connectivity index (χ2v) is 7.47. The fraction of sp³-hybridized carbons (Fsp3) is 0.231. The molecule has 3 rings (SSSR count).